The molecule has 1 fully saturated rings. The normalized spacial score (nSPS) is 15.8. The van der Waals surface area contributed by atoms with E-state index in [1.54, 1.807) is 23.2 Å². The molecule has 4 heterocycles. The highest BCUT2D eigenvalue weighted by molar-refractivity contribution is 6.33. The predicted octanol–water partition coefficient (Wildman–Crippen LogP) is 3.69. The molecule has 0 radical (unpaired) electrons. The lowest BCUT2D eigenvalue weighted by atomic mass is 10.0. The molecule has 1 aromatic carbocycles. The van der Waals surface area contributed by atoms with Gasteiger partial charge in [-0.05, 0) is 32.4 Å². The number of aryl methyl sites for hydroxylation is 2. The number of fused-ring (bicyclic) bond motifs is 1. The average molecular weight is 506 g/mol. The molecule has 0 bridgehead atoms. The summed E-state index contributed by atoms with van der Waals surface area (Å²) < 4.78 is 7.57. The zero-order chi connectivity index (χ0) is 25.1. The Kier molecular flexibility index (Phi) is 7.22. The highest BCUT2D eigenvalue weighted by Gasteiger charge is 2.19. The number of ether oxygens (including phenoxy) is 1. The van der Waals surface area contributed by atoms with Crippen LogP contribution in [-0.4, -0.2) is 56.8 Å². The smallest absolute Gasteiger partial charge is 0.260 e. The monoisotopic (exact) mass is 505 g/mol. The van der Waals surface area contributed by atoms with E-state index in [0.29, 0.717) is 53.9 Å². The largest absolute Gasteiger partial charge is 0.376 e. The van der Waals surface area contributed by atoms with Crippen molar-refractivity contribution in [3.05, 3.63) is 63.9 Å². The van der Waals surface area contributed by atoms with Gasteiger partial charge >= 0.3 is 0 Å². The second-order valence-electron chi connectivity index (χ2n) is 8.74. The van der Waals surface area contributed by atoms with Gasteiger partial charge in [0.15, 0.2) is 0 Å². The third-order valence-electron chi connectivity index (χ3n) is 6.15. The molecule has 0 amide bonds. The Morgan fingerprint density at radius 1 is 1.19 bits per heavy atom. The minimum atomic E-state index is -0.155. The number of hydrogen-bond acceptors (Lipinski definition) is 8. The Morgan fingerprint density at radius 3 is 2.83 bits per heavy atom. The first kappa shape index (κ1) is 24.3. The Morgan fingerprint density at radius 2 is 2.08 bits per heavy atom. The molecule has 1 aliphatic heterocycles. The number of pyridine rings is 1. The second-order valence-corrected chi connectivity index (χ2v) is 9.15. The van der Waals surface area contributed by atoms with Gasteiger partial charge in [0.05, 0.1) is 30.3 Å². The molecule has 5 rings (SSSR count). The highest BCUT2D eigenvalue weighted by Crippen LogP contribution is 2.31. The van der Waals surface area contributed by atoms with Gasteiger partial charge in [0.2, 0.25) is 5.95 Å². The van der Waals surface area contributed by atoms with Gasteiger partial charge in [-0.25, -0.2) is 9.97 Å². The second kappa shape index (κ2) is 10.7. The van der Waals surface area contributed by atoms with Crippen molar-refractivity contribution in [2.24, 2.45) is 0 Å². The summed E-state index contributed by atoms with van der Waals surface area (Å²) in [7, 11) is 0. The third kappa shape index (κ3) is 5.09. The zero-order valence-corrected chi connectivity index (χ0v) is 21.0. The van der Waals surface area contributed by atoms with E-state index < -0.39 is 0 Å². The van der Waals surface area contributed by atoms with Crippen LogP contribution in [0.15, 0.2) is 47.7 Å². The van der Waals surface area contributed by atoms with E-state index in [1.807, 2.05) is 38.1 Å². The SMILES string of the molecule is CCNc1ncc2cc(-c3ccc(-c4cncc(C)n4)cc3Cl)c(=O)n(CCC3CNCCO3)c2n1. The lowest BCUT2D eigenvalue weighted by Gasteiger charge is -2.24. The number of halogens is 1. The molecular weight excluding hydrogens is 478 g/mol. The van der Waals surface area contributed by atoms with Gasteiger partial charge in [0.1, 0.15) is 5.65 Å². The predicted molar refractivity (Wildman–Crippen MR) is 141 cm³/mol. The summed E-state index contributed by atoms with van der Waals surface area (Å²) >= 11 is 6.73. The van der Waals surface area contributed by atoms with Crippen LogP contribution >= 0.6 is 11.6 Å². The Balaban J connectivity index is 1.58. The quantitative estimate of drug-likeness (QED) is 0.391. The maximum Gasteiger partial charge on any atom is 0.260 e. The van der Waals surface area contributed by atoms with Crippen LogP contribution in [0.1, 0.15) is 19.0 Å². The average Bonchev–Trinajstić information content (AvgIpc) is 2.89. The maximum absolute atomic E-state index is 13.8. The summed E-state index contributed by atoms with van der Waals surface area (Å²) in [5.74, 6) is 0.489. The van der Waals surface area contributed by atoms with Crippen LogP contribution in [0.2, 0.25) is 5.02 Å². The van der Waals surface area contributed by atoms with Crippen molar-refractivity contribution in [2.45, 2.75) is 32.9 Å². The van der Waals surface area contributed by atoms with Crippen molar-refractivity contribution in [3.8, 4) is 22.4 Å². The zero-order valence-electron chi connectivity index (χ0n) is 20.3. The summed E-state index contributed by atoms with van der Waals surface area (Å²) in [6.45, 7) is 7.29. The van der Waals surface area contributed by atoms with Gasteiger partial charge in [-0.2, -0.15) is 4.98 Å². The summed E-state index contributed by atoms with van der Waals surface area (Å²) in [4.78, 5) is 31.6. The number of nitrogens with zero attached hydrogens (tertiary/aromatic N) is 5. The fourth-order valence-corrected chi connectivity index (χ4v) is 4.66. The van der Waals surface area contributed by atoms with Gasteiger partial charge in [-0.15, -0.1) is 0 Å². The van der Waals surface area contributed by atoms with E-state index in [9.17, 15) is 4.79 Å². The van der Waals surface area contributed by atoms with Crippen LogP contribution in [0.25, 0.3) is 33.4 Å². The summed E-state index contributed by atoms with van der Waals surface area (Å²) in [6.07, 6.45) is 5.86. The minimum Gasteiger partial charge on any atom is -0.376 e. The maximum atomic E-state index is 13.8. The molecule has 1 unspecified atom stereocenters. The van der Waals surface area contributed by atoms with Gasteiger partial charge in [0, 0.05) is 65.7 Å². The van der Waals surface area contributed by atoms with Crippen LogP contribution in [0.4, 0.5) is 5.95 Å². The molecule has 2 N–H and O–H groups in total. The van der Waals surface area contributed by atoms with Crippen LogP contribution in [0.3, 0.4) is 0 Å². The first-order valence-corrected chi connectivity index (χ1v) is 12.5. The van der Waals surface area contributed by atoms with Gasteiger partial charge < -0.3 is 15.4 Å². The Bertz CT molecular complexity index is 1450. The Hall–Kier alpha value is -3.40. The third-order valence-corrected chi connectivity index (χ3v) is 6.46. The van der Waals surface area contributed by atoms with Gasteiger partial charge in [-0.3, -0.25) is 14.3 Å². The van der Waals surface area contributed by atoms with Crippen LogP contribution < -0.4 is 16.2 Å². The minimum absolute atomic E-state index is 0.0396. The van der Waals surface area contributed by atoms with Gasteiger partial charge in [0.25, 0.3) is 5.56 Å². The fraction of sp³-hybridized carbons (Fsp3) is 0.346. The van der Waals surface area contributed by atoms with E-state index in [2.05, 4.69) is 30.6 Å². The number of anilines is 1. The summed E-state index contributed by atoms with van der Waals surface area (Å²) in [6, 6.07) is 7.40. The summed E-state index contributed by atoms with van der Waals surface area (Å²) in [5.41, 5.74) is 3.95. The molecule has 0 spiro atoms. The first-order valence-electron chi connectivity index (χ1n) is 12.1. The lowest BCUT2D eigenvalue weighted by Crippen LogP contribution is -2.39. The van der Waals surface area contributed by atoms with Gasteiger partial charge in [-0.1, -0.05) is 23.7 Å². The molecule has 9 nitrogen and oxygen atoms in total. The molecule has 186 valence electrons. The molecule has 1 atom stereocenters. The van der Waals surface area contributed by atoms with Crippen LogP contribution in [0, 0.1) is 6.92 Å². The van der Waals surface area contributed by atoms with Crippen molar-refractivity contribution in [1.82, 2.24) is 29.8 Å². The molecule has 0 saturated carbocycles. The fourth-order valence-electron chi connectivity index (χ4n) is 4.38. The molecule has 10 heteroatoms. The summed E-state index contributed by atoms with van der Waals surface area (Å²) in [5, 5.41) is 7.69. The lowest BCUT2D eigenvalue weighted by molar-refractivity contribution is 0.0211. The van der Waals surface area contributed by atoms with E-state index in [-0.39, 0.29) is 11.7 Å². The molecular formula is C26H28ClN7O2. The van der Waals surface area contributed by atoms with E-state index in [1.165, 1.54) is 0 Å². The van der Waals surface area contributed by atoms with Crippen LogP contribution in [0.5, 0.6) is 0 Å². The Labute approximate surface area is 213 Å². The van der Waals surface area contributed by atoms with E-state index >= 15 is 0 Å². The number of aromatic nitrogens is 5. The molecule has 4 aromatic rings. The highest BCUT2D eigenvalue weighted by atomic mass is 35.5. The molecule has 1 saturated heterocycles. The molecule has 1 aliphatic rings. The molecule has 3 aromatic heterocycles. The number of benzene rings is 1. The van der Waals surface area contributed by atoms with Crippen molar-refractivity contribution >= 4 is 28.6 Å². The standard InChI is InChI=1S/C26H28ClN7O2/c1-3-30-26-31-13-18-10-21(20-5-4-17(11-22(20)27)23-15-29-12-16(2)32-23)25(35)34(24(18)33-26)8-6-19-14-28-7-9-36-19/h4-5,10-13,15,19,28H,3,6-9,14H2,1-2H3,(H,30,31,33). The van der Waals surface area contributed by atoms with Crippen LogP contribution in [-0.2, 0) is 11.3 Å². The number of morpholine rings is 1. The molecule has 36 heavy (non-hydrogen) atoms. The number of rotatable bonds is 7. The van der Waals surface area contributed by atoms with Crippen molar-refractivity contribution < 1.29 is 4.74 Å². The van der Waals surface area contributed by atoms with E-state index in [0.717, 1.165) is 35.4 Å². The topological polar surface area (TPSA) is 107 Å². The van der Waals surface area contributed by atoms with Crippen molar-refractivity contribution in [3.63, 3.8) is 0 Å². The van der Waals surface area contributed by atoms with Crippen molar-refractivity contribution in [1.29, 1.82) is 0 Å². The number of nitrogens with one attached hydrogen (secondary N) is 2. The molecule has 0 aliphatic carbocycles. The number of hydrogen-bond donors (Lipinski definition) is 2. The van der Waals surface area contributed by atoms with E-state index in [4.69, 9.17) is 16.3 Å². The van der Waals surface area contributed by atoms with Crippen molar-refractivity contribution in [2.75, 3.05) is 31.6 Å². The first-order chi connectivity index (χ1) is 17.5.